The first kappa shape index (κ1) is 22.5. The number of carbonyl (C=O) groups excluding carboxylic acids is 3. The molecule has 0 aromatic heterocycles. The molecule has 168 valence electrons. The summed E-state index contributed by atoms with van der Waals surface area (Å²) in [5, 5.41) is 0.548. The zero-order valence-electron chi connectivity index (χ0n) is 17.9. The van der Waals surface area contributed by atoms with Crippen LogP contribution >= 0.6 is 11.6 Å². The molecule has 2 heterocycles. The minimum Gasteiger partial charge on any atom is -0.497 e. The molecule has 2 aliphatic heterocycles. The van der Waals surface area contributed by atoms with Crippen LogP contribution in [0.5, 0.6) is 5.75 Å². The number of carbonyl (C=O) groups is 3. The monoisotopic (exact) mass is 457 g/mol. The van der Waals surface area contributed by atoms with E-state index in [9.17, 15) is 14.4 Å². The summed E-state index contributed by atoms with van der Waals surface area (Å²) in [6.07, 6.45) is 0. The van der Waals surface area contributed by atoms with E-state index >= 15 is 0 Å². The van der Waals surface area contributed by atoms with Gasteiger partial charge in [0.25, 0.3) is 5.91 Å². The largest absolute Gasteiger partial charge is 0.497 e. The van der Waals surface area contributed by atoms with Crippen molar-refractivity contribution in [3.8, 4) is 5.75 Å². The molecule has 2 atom stereocenters. The number of nitrogens with zero attached hydrogens (tertiary/aromatic N) is 1. The molecular weight excluding hydrogens is 432 g/mol. The van der Waals surface area contributed by atoms with Crippen LogP contribution in [0.15, 0.2) is 48.5 Å². The van der Waals surface area contributed by atoms with Gasteiger partial charge in [-0.2, -0.15) is 0 Å². The second-order valence-corrected chi connectivity index (χ2v) is 8.48. The lowest BCUT2D eigenvalue weighted by atomic mass is 9.86. The number of hydrogen-bond acceptors (Lipinski definition) is 5. The number of morpholine rings is 1. The topological polar surface area (TPSA) is 77.4 Å². The van der Waals surface area contributed by atoms with Crippen molar-refractivity contribution in [2.24, 2.45) is 5.92 Å². The summed E-state index contributed by atoms with van der Waals surface area (Å²) in [6.45, 7) is 4.16. The third kappa shape index (κ3) is 4.55. The normalized spacial score (nSPS) is 21.8. The lowest BCUT2D eigenvalue weighted by Gasteiger charge is -2.30. The summed E-state index contributed by atoms with van der Waals surface area (Å²) < 4.78 is 10.6. The van der Waals surface area contributed by atoms with E-state index in [4.69, 9.17) is 21.1 Å². The van der Waals surface area contributed by atoms with Crippen LogP contribution in [-0.4, -0.2) is 68.9 Å². The van der Waals surface area contributed by atoms with Gasteiger partial charge in [0.1, 0.15) is 24.8 Å². The zero-order valence-corrected chi connectivity index (χ0v) is 18.6. The van der Waals surface area contributed by atoms with Crippen molar-refractivity contribution in [3.63, 3.8) is 0 Å². The van der Waals surface area contributed by atoms with Gasteiger partial charge in [0.15, 0.2) is 5.78 Å². The van der Waals surface area contributed by atoms with E-state index in [2.05, 4.69) is 0 Å². The fourth-order valence-electron chi connectivity index (χ4n) is 4.38. The third-order valence-electron chi connectivity index (χ3n) is 6.18. The summed E-state index contributed by atoms with van der Waals surface area (Å²) >= 11 is 6.06. The summed E-state index contributed by atoms with van der Waals surface area (Å²) in [5.74, 6) is -2.13. The van der Waals surface area contributed by atoms with Crippen LogP contribution in [0.3, 0.4) is 0 Å². The van der Waals surface area contributed by atoms with Gasteiger partial charge in [-0.3, -0.25) is 14.4 Å². The molecule has 32 heavy (non-hydrogen) atoms. The number of halogens is 1. The summed E-state index contributed by atoms with van der Waals surface area (Å²) in [5.41, 5.74) is 1.09. The Morgan fingerprint density at radius 3 is 2.38 bits per heavy atom. The van der Waals surface area contributed by atoms with Crippen LogP contribution in [-0.2, 0) is 14.3 Å². The summed E-state index contributed by atoms with van der Waals surface area (Å²) in [7, 11) is 1.54. The number of hydrogen-bond donors (Lipinski definition) is 1. The van der Waals surface area contributed by atoms with Crippen molar-refractivity contribution in [1.82, 2.24) is 4.90 Å². The number of quaternary nitrogens is 1. The maximum Gasteiger partial charge on any atom is 0.291 e. The number of Topliss-reactive ketones (excluding diaryl/α,β-unsaturated/α-hetero) is 2. The van der Waals surface area contributed by atoms with Crippen LogP contribution in [0.4, 0.5) is 0 Å². The van der Waals surface area contributed by atoms with Crippen molar-refractivity contribution in [2.75, 3.05) is 46.5 Å². The minimum atomic E-state index is -1.10. The highest BCUT2D eigenvalue weighted by Gasteiger charge is 2.51. The van der Waals surface area contributed by atoms with Crippen molar-refractivity contribution in [3.05, 3.63) is 64.7 Å². The smallest absolute Gasteiger partial charge is 0.291 e. The molecule has 0 radical (unpaired) electrons. The van der Waals surface area contributed by atoms with Gasteiger partial charge in [0.2, 0.25) is 5.78 Å². The quantitative estimate of drug-likeness (QED) is 0.384. The minimum absolute atomic E-state index is 0.368. The second-order valence-electron chi connectivity index (χ2n) is 8.04. The van der Waals surface area contributed by atoms with E-state index in [1.807, 2.05) is 0 Å². The van der Waals surface area contributed by atoms with E-state index in [1.165, 1.54) is 4.90 Å². The highest BCUT2D eigenvalue weighted by Crippen LogP contribution is 2.38. The summed E-state index contributed by atoms with van der Waals surface area (Å²) in [4.78, 5) is 42.4. The third-order valence-corrected chi connectivity index (χ3v) is 6.43. The van der Waals surface area contributed by atoms with Gasteiger partial charge in [-0.25, -0.2) is 0 Å². The fourth-order valence-corrected chi connectivity index (χ4v) is 4.51. The first-order chi connectivity index (χ1) is 15.5. The molecular formula is C24H26ClN2O5+. The first-order valence-corrected chi connectivity index (χ1v) is 11.1. The number of likely N-dealkylation sites (tertiary alicyclic amines) is 1. The molecule has 4 rings (SSSR count). The van der Waals surface area contributed by atoms with E-state index < -0.39 is 23.7 Å². The first-order valence-electron chi connectivity index (χ1n) is 10.7. The Hall–Kier alpha value is -2.74. The van der Waals surface area contributed by atoms with Crippen LogP contribution < -0.4 is 9.64 Å². The van der Waals surface area contributed by atoms with Gasteiger partial charge in [-0.1, -0.05) is 23.7 Å². The van der Waals surface area contributed by atoms with Crippen molar-refractivity contribution < 1.29 is 28.8 Å². The maximum atomic E-state index is 13.4. The molecule has 8 heteroatoms. The van der Waals surface area contributed by atoms with Gasteiger partial charge in [-0.15, -0.1) is 0 Å². The van der Waals surface area contributed by atoms with Gasteiger partial charge in [0, 0.05) is 10.6 Å². The fraction of sp³-hybridized carbons (Fsp3) is 0.375. The Balaban J connectivity index is 1.64. The van der Waals surface area contributed by atoms with Crippen LogP contribution in [0.2, 0.25) is 5.02 Å². The highest BCUT2D eigenvalue weighted by molar-refractivity contribution is 6.44. The number of nitrogens with one attached hydrogen (secondary N) is 1. The van der Waals surface area contributed by atoms with Crippen molar-refractivity contribution in [2.45, 2.75) is 6.04 Å². The number of ketones is 2. The number of methoxy groups -OCH3 is 1. The average molecular weight is 458 g/mol. The van der Waals surface area contributed by atoms with Crippen LogP contribution in [0, 0.1) is 5.92 Å². The molecule has 0 aliphatic carbocycles. The zero-order chi connectivity index (χ0) is 22.7. The van der Waals surface area contributed by atoms with Crippen molar-refractivity contribution in [1.29, 1.82) is 0 Å². The molecule has 2 saturated heterocycles. The lowest BCUT2D eigenvalue weighted by molar-refractivity contribution is -0.907. The Labute approximate surface area is 191 Å². The maximum absolute atomic E-state index is 13.4. The number of benzene rings is 2. The van der Waals surface area contributed by atoms with Gasteiger partial charge < -0.3 is 19.3 Å². The van der Waals surface area contributed by atoms with Gasteiger partial charge in [-0.05, 0) is 42.0 Å². The molecule has 2 aromatic rings. The average Bonchev–Trinajstić information content (AvgIpc) is 3.08. The van der Waals surface area contributed by atoms with Gasteiger partial charge in [0.05, 0.1) is 39.5 Å². The Morgan fingerprint density at radius 1 is 1.09 bits per heavy atom. The Bertz CT molecular complexity index is 986. The Kier molecular flexibility index (Phi) is 6.89. The number of amides is 1. The molecule has 0 bridgehead atoms. The molecule has 2 aliphatic rings. The van der Waals surface area contributed by atoms with E-state index in [1.54, 1.807) is 60.5 Å². The van der Waals surface area contributed by atoms with Gasteiger partial charge >= 0.3 is 0 Å². The number of ether oxygens (including phenoxy) is 2. The predicted molar refractivity (Wildman–Crippen MR) is 118 cm³/mol. The predicted octanol–water partition coefficient (Wildman–Crippen LogP) is 1.22. The second kappa shape index (κ2) is 9.81. The molecule has 0 saturated carbocycles. The molecule has 2 aromatic carbocycles. The van der Waals surface area contributed by atoms with E-state index in [-0.39, 0.29) is 5.78 Å². The molecule has 2 fully saturated rings. The van der Waals surface area contributed by atoms with E-state index in [0.717, 1.165) is 18.7 Å². The number of rotatable bonds is 7. The highest BCUT2D eigenvalue weighted by atomic mass is 35.5. The molecule has 2 unspecified atom stereocenters. The molecule has 0 spiro atoms. The molecule has 1 amide bonds. The summed E-state index contributed by atoms with van der Waals surface area (Å²) in [6, 6.07) is 12.9. The molecule has 1 N–H and O–H groups in total. The van der Waals surface area contributed by atoms with E-state index in [0.29, 0.717) is 42.6 Å². The van der Waals surface area contributed by atoms with Crippen molar-refractivity contribution >= 4 is 29.1 Å². The lowest BCUT2D eigenvalue weighted by Crippen LogP contribution is -3.14. The Morgan fingerprint density at radius 2 is 1.75 bits per heavy atom. The van der Waals surface area contributed by atoms with Crippen LogP contribution in [0.1, 0.15) is 22.0 Å². The van der Waals surface area contributed by atoms with Crippen LogP contribution in [0.25, 0.3) is 0 Å². The molecule has 7 nitrogen and oxygen atoms in total. The standard InChI is InChI=1S/C24H25ClN2O5/c1-31-19-8-4-17(5-9-19)22(28)20-21(16-2-6-18(25)7-3-16)27(24(30)23(20)29)11-10-26-12-14-32-15-13-26/h2-9,20-21H,10-15H2,1H3/p+1. The SMILES string of the molecule is COc1ccc(C(=O)C2C(=O)C(=O)N(CC[NH+]3CCOCC3)C2c2ccc(Cl)cc2)cc1.